The molecule has 1 unspecified atom stereocenters. The Bertz CT molecular complexity index is 796. The van der Waals surface area contributed by atoms with E-state index >= 15 is 0 Å². The zero-order chi connectivity index (χ0) is 15.7. The standard InChI is InChI=1S/C15H16N4O2S/c1-8-5-6-12(9(2)7-8)14-18-19-15(21-14)22-10(3)13-17-16-11(4)20-13/h5-7,10H,1-4H3. The fraction of sp³-hybridized carbons (Fsp3) is 0.333. The number of aromatic nitrogens is 4. The molecule has 3 rings (SSSR count). The first-order chi connectivity index (χ1) is 10.5. The molecule has 22 heavy (non-hydrogen) atoms. The molecule has 1 atom stereocenters. The van der Waals surface area contributed by atoms with Gasteiger partial charge in [0.1, 0.15) is 0 Å². The molecule has 0 radical (unpaired) electrons. The van der Waals surface area contributed by atoms with Crippen molar-refractivity contribution in [2.24, 2.45) is 0 Å². The molecule has 0 aliphatic heterocycles. The smallest absolute Gasteiger partial charge is 0.277 e. The molecule has 0 spiro atoms. The summed E-state index contributed by atoms with van der Waals surface area (Å²) in [6, 6.07) is 6.12. The Morgan fingerprint density at radius 1 is 1.00 bits per heavy atom. The molecule has 0 saturated carbocycles. The van der Waals surface area contributed by atoms with Crippen molar-refractivity contribution in [3.63, 3.8) is 0 Å². The lowest BCUT2D eigenvalue weighted by molar-refractivity contribution is 0.454. The van der Waals surface area contributed by atoms with Crippen LogP contribution in [0.15, 0.2) is 32.3 Å². The van der Waals surface area contributed by atoms with E-state index in [1.165, 1.54) is 17.3 Å². The SMILES string of the molecule is Cc1ccc(-c2nnc(SC(C)c3nnc(C)o3)o2)c(C)c1. The Kier molecular flexibility index (Phi) is 3.98. The van der Waals surface area contributed by atoms with E-state index in [1.54, 1.807) is 6.92 Å². The molecular weight excluding hydrogens is 300 g/mol. The minimum Gasteiger partial charge on any atom is -0.424 e. The number of hydrogen-bond acceptors (Lipinski definition) is 7. The maximum absolute atomic E-state index is 5.74. The number of rotatable bonds is 4. The van der Waals surface area contributed by atoms with Gasteiger partial charge in [-0.2, -0.15) is 0 Å². The molecule has 2 aromatic heterocycles. The van der Waals surface area contributed by atoms with Crippen LogP contribution in [0.2, 0.25) is 0 Å². The first-order valence-electron chi connectivity index (χ1n) is 6.90. The van der Waals surface area contributed by atoms with Crippen molar-refractivity contribution in [1.82, 2.24) is 20.4 Å². The molecule has 3 aromatic rings. The van der Waals surface area contributed by atoms with Crippen molar-refractivity contribution in [2.45, 2.75) is 38.2 Å². The predicted octanol–water partition coefficient (Wildman–Crippen LogP) is 3.90. The van der Waals surface area contributed by atoms with Gasteiger partial charge in [0.15, 0.2) is 0 Å². The lowest BCUT2D eigenvalue weighted by atomic mass is 10.1. The maximum Gasteiger partial charge on any atom is 0.277 e. The largest absolute Gasteiger partial charge is 0.424 e. The van der Waals surface area contributed by atoms with Gasteiger partial charge < -0.3 is 8.83 Å². The number of benzene rings is 1. The van der Waals surface area contributed by atoms with Gasteiger partial charge in [-0.3, -0.25) is 0 Å². The second-order valence-electron chi connectivity index (χ2n) is 5.11. The van der Waals surface area contributed by atoms with Crippen LogP contribution in [0, 0.1) is 20.8 Å². The fourth-order valence-corrected chi connectivity index (χ4v) is 2.81. The molecular formula is C15H16N4O2S. The molecule has 0 bridgehead atoms. The van der Waals surface area contributed by atoms with Crippen molar-refractivity contribution < 1.29 is 8.83 Å². The third kappa shape index (κ3) is 3.04. The zero-order valence-electron chi connectivity index (χ0n) is 12.8. The normalized spacial score (nSPS) is 12.5. The van der Waals surface area contributed by atoms with Gasteiger partial charge in [-0.1, -0.05) is 29.5 Å². The molecule has 7 heteroatoms. The molecule has 0 aliphatic rings. The van der Waals surface area contributed by atoms with Gasteiger partial charge in [0, 0.05) is 12.5 Å². The van der Waals surface area contributed by atoms with Crippen molar-refractivity contribution in [2.75, 3.05) is 0 Å². The lowest BCUT2D eigenvalue weighted by Crippen LogP contribution is -1.88. The molecule has 114 valence electrons. The van der Waals surface area contributed by atoms with Crippen LogP contribution in [0.3, 0.4) is 0 Å². The van der Waals surface area contributed by atoms with Crippen LogP contribution in [-0.2, 0) is 0 Å². The number of thioether (sulfide) groups is 1. The van der Waals surface area contributed by atoms with Gasteiger partial charge in [-0.25, -0.2) is 0 Å². The van der Waals surface area contributed by atoms with Gasteiger partial charge in [0.2, 0.25) is 17.7 Å². The second-order valence-corrected chi connectivity index (χ2v) is 6.40. The Morgan fingerprint density at radius 3 is 2.50 bits per heavy atom. The summed E-state index contributed by atoms with van der Waals surface area (Å²) in [7, 11) is 0. The van der Waals surface area contributed by atoms with Crippen molar-refractivity contribution in [1.29, 1.82) is 0 Å². The van der Waals surface area contributed by atoms with Gasteiger partial charge in [0.25, 0.3) is 5.22 Å². The summed E-state index contributed by atoms with van der Waals surface area (Å²) in [6.45, 7) is 7.81. The summed E-state index contributed by atoms with van der Waals surface area (Å²) in [5.41, 5.74) is 3.27. The van der Waals surface area contributed by atoms with E-state index in [2.05, 4.69) is 33.4 Å². The average molecular weight is 316 g/mol. The van der Waals surface area contributed by atoms with E-state index in [0.29, 0.717) is 22.9 Å². The Hall–Kier alpha value is -2.15. The molecule has 0 saturated heterocycles. The highest BCUT2D eigenvalue weighted by Crippen LogP contribution is 2.34. The lowest BCUT2D eigenvalue weighted by Gasteiger charge is -2.03. The van der Waals surface area contributed by atoms with Crippen molar-refractivity contribution >= 4 is 11.8 Å². The minimum absolute atomic E-state index is 0.0476. The third-order valence-electron chi connectivity index (χ3n) is 3.19. The van der Waals surface area contributed by atoms with Gasteiger partial charge >= 0.3 is 0 Å². The van der Waals surface area contributed by atoms with Crippen LogP contribution in [0.4, 0.5) is 0 Å². The van der Waals surface area contributed by atoms with Crippen LogP contribution in [0.25, 0.3) is 11.5 Å². The van der Waals surface area contributed by atoms with Crippen LogP contribution >= 0.6 is 11.8 Å². The monoisotopic (exact) mass is 316 g/mol. The first-order valence-corrected chi connectivity index (χ1v) is 7.78. The van der Waals surface area contributed by atoms with E-state index < -0.39 is 0 Å². The van der Waals surface area contributed by atoms with Crippen LogP contribution in [0.5, 0.6) is 0 Å². The fourth-order valence-electron chi connectivity index (χ4n) is 2.10. The number of nitrogens with zero attached hydrogens (tertiary/aromatic N) is 4. The van der Waals surface area contributed by atoms with Gasteiger partial charge in [0.05, 0.1) is 5.25 Å². The molecule has 2 heterocycles. The predicted molar refractivity (Wildman–Crippen MR) is 82.5 cm³/mol. The third-order valence-corrected chi connectivity index (χ3v) is 4.11. The van der Waals surface area contributed by atoms with Gasteiger partial charge in [-0.05, 0) is 32.4 Å². The van der Waals surface area contributed by atoms with Crippen molar-refractivity contribution in [3.8, 4) is 11.5 Å². The van der Waals surface area contributed by atoms with Crippen LogP contribution in [0.1, 0.15) is 35.1 Å². The van der Waals surface area contributed by atoms with E-state index in [0.717, 1.165) is 11.1 Å². The van der Waals surface area contributed by atoms with Crippen LogP contribution in [-0.4, -0.2) is 20.4 Å². The quantitative estimate of drug-likeness (QED) is 0.675. The average Bonchev–Trinajstić information content (AvgIpc) is 3.08. The molecule has 1 aromatic carbocycles. The Morgan fingerprint density at radius 2 is 1.82 bits per heavy atom. The summed E-state index contributed by atoms with van der Waals surface area (Å²) < 4.78 is 11.1. The summed E-state index contributed by atoms with van der Waals surface area (Å²) in [6.07, 6.45) is 0. The van der Waals surface area contributed by atoms with E-state index in [-0.39, 0.29) is 5.25 Å². The molecule has 0 fully saturated rings. The maximum atomic E-state index is 5.74. The summed E-state index contributed by atoms with van der Waals surface area (Å²) in [4.78, 5) is 0. The highest BCUT2D eigenvalue weighted by molar-refractivity contribution is 7.99. The first kappa shape index (κ1) is 14.8. The van der Waals surface area contributed by atoms with E-state index in [4.69, 9.17) is 8.83 Å². The molecule has 0 amide bonds. The van der Waals surface area contributed by atoms with Crippen molar-refractivity contribution in [3.05, 3.63) is 41.1 Å². The molecule has 6 nitrogen and oxygen atoms in total. The number of hydrogen-bond donors (Lipinski definition) is 0. The highest BCUT2D eigenvalue weighted by atomic mass is 32.2. The van der Waals surface area contributed by atoms with Gasteiger partial charge in [-0.15, -0.1) is 20.4 Å². The zero-order valence-corrected chi connectivity index (χ0v) is 13.6. The Labute approximate surface area is 132 Å². The highest BCUT2D eigenvalue weighted by Gasteiger charge is 2.19. The number of aryl methyl sites for hydroxylation is 3. The summed E-state index contributed by atoms with van der Waals surface area (Å²) in [5.74, 6) is 1.62. The second kappa shape index (κ2) is 5.92. The minimum atomic E-state index is -0.0476. The van der Waals surface area contributed by atoms with Crippen LogP contribution < -0.4 is 0 Å². The summed E-state index contributed by atoms with van der Waals surface area (Å²) in [5, 5.41) is 16.5. The Balaban J connectivity index is 1.79. The molecule has 0 N–H and O–H groups in total. The summed E-state index contributed by atoms with van der Waals surface area (Å²) >= 11 is 1.40. The molecule has 0 aliphatic carbocycles. The topological polar surface area (TPSA) is 77.8 Å². The van der Waals surface area contributed by atoms with E-state index in [1.807, 2.05) is 26.0 Å². The van der Waals surface area contributed by atoms with E-state index in [9.17, 15) is 0 Å².